The average Bonchev–Trinajstić information content (AvgIpc) is 4.37. The summed E-state index contributed by atoms with van der Waals surface area (Å²) in [4.78, 5) is 45.5. The van der Waals surface area contributed by atoms with E-state index < -0.39 is 0 Å². The SMILES string of the molecule is C=CN1CCCC1=O.C=COC(C)=O.C=COCC.C=COCC(CC)CCCC.C=COCCCC.C=COCCCCCCCCCCCC.CC(=O)O/C=C/c1ccccc1.CCO/C=C/c1ccccc1.O=C1CCCN1/C=C/c1ccccc1. The molecule has 2 heterocycles. The monoisotopic (exact) mass is 1230 g/mol. The van der Waals surface area contributed by atoms with E-state index in [1.54, 1.807) is 28.3 Å². The number of carbonyl (C=O) groups excluding carboxylic acids is 4. The maximum absolute atomic E-state index is 11.3. The molecule has 0 radical (unpaired) electrons. The Morgan fingerprint density at radius 2 is 0.876 bits per heavy atom. The van der Waals surface area contributed by atoms with Gasteiger partial charge in [0.05, 0.1) is 76.9 Å². The van der Waals surface area contributed by atoms with E-state index in [4.69, 9.17) is 18.9 Å². The molecule has 2 fully saturated rings. The quantitative estimate of drug-likeness (QED) is 0.0321. The normalized spacial score (nSPS) is 11.8. The van der Waals surface area contributed by atoms with Gasteiger partial charge in [0.2, 0.25) is 11.8 Å². The van der Waals surface area contributed by atoms with Crippen LogP contribution in [0.1, 0.15) is 200 Å². The topological polar surface area (TPSA) is 139 Å². The van der Waals surface area contributed by atoms with Gasteiger partial charge >= 0.3 is 11.9 Å². The second-order valence-electron chi connectivity index (χ2n) is 19.7. The van der Waals surface area contributed by atoms with Crippen molar-refractivity contribution in [3.8, 4) is 0 Å². The second-order valence-corrected chi connectivity index (χ2v) is 19.7. The number of ether oxygens (including phenoxy) is 7. The summed E-state index contributed by atoms with van der Waals surface area (Å²) in [6.45, 7) is 41.5. The molecule has 2 aliphatic heterocycles. The molecule has 1 atom stereocenters. The fourth-order valence-electron chi connectivity index (χ4n) is 7.39. The maximum atomic E-state index is 11.3. The molecule has 0 saturated carbocycles. The van der Waals surface area contributed by atoms with Crippen LogP contribution in [0.5, 0.6) is 0 Å². The summed E-state index contributed by atoms with van der Waals surface area (Å²) in [5.74, 6) is 0.539. The Morgan fingerprint density at radius 1 is 0.461 bits per heavy atom. The number of hydrogen-bond acceptors (Lipinski definition) is 11. The van der Waals surface area contributed by atoms with Crippen molar-refractivity contribution < 1.29 is 52.3 Å². The minimum Gasteiger partial charge on any atom is -0.502 e. The summed E-state index contributed by atoms with van der Waals surface area (Å²) >= 11 is 0. The van der Waals surface area contributed by atoms with E-state index in [-0.39, 0.29) is 23.8 Å². The lowest BCUT2D eigenvalue weighted by atomic mass is 10.0. The molecule has 0 aromatic heterocycles. The molecule has 2 saturated heterocycles. The largest absolute Gasteiger partial charge is 0.502 e. The summed E-state index contributed by atoms with van der Waals surface area (Å²) in [5, 5.41) is 0. The van der Waals surface area contributed by atoms with Crippen molar-refractivity contribution in [1.29, 1.82) is 0 Å². The highest BCUT2D eigenvalue weighted by Gasteiger charge is 2.17. The lowest BCUT2D eigenvalue weighted by Gasteiger charge is -2.12. The van der Waals surface area contributed by atoms with Crippen molar-refractivity contribution in [2.75, 3.05) is 46.1 Å². The van der Waals surface area contributed by atoms with Crippen LogP contribution in [0.3, 0.4) is 0 Å². The molecule has 3 aromatic carbocycles. The van der Waals surface area contributed by atoms with Crippen LogP contribution in [-0.2, 0) is 52.3 Å². The van der Waals surface area contributed by atoms with Crippen LogP contribution in [0, 0.1) is 5.92 Å². The highest BCUT2D eigenvalue weighted by atomic mass is 16.5. The fourth-order valence-corrected chi connectivity index (χ4v) is 7.39. The number of nitrogens with zero attached hydrogens (tertiary/aromatic N) is 2. The molecule has 1 unspecified atom stereocenters. The summed E-state index contributed by atoms with van der Waals surface area (Å²) in [7, 11) is 0. The number of amides is 2. The van der Waals surface area contributed by atoms with Gasteiger partial charge in [-0.25, -0.2) is 0 Å². The Labute approximate surface area is 541 Å². The van der Waals surface area contributed by atoms with Crippen LogP contribution in [0.25, 0.3) is 18.2 Å². The molecule has 3 aromatic rings. The third-order valence-electron chi connectivity index (χ3n) is 12.3. The summed E-state index contributed by atoms with van der Waals surface area (Å²) < 4.78 is 33.5. The van der Waals surface area contributed by atoms with Crippen molar-refractivity contribution in [2.45, 2.75) is 184 Å². The van der Waals surface area contributed by atoms with Gasteiger partial charge in [-0.3, -0.25) is 19.2 Å². The van der Waals surface area contributed by atoms with Crippen molar-refractivity contribution in [3.05, 3.63) is 203 Å². The van der Waals surface area contributed by atoms with E-state index >= 15 is 0 Å². The van der Waals surface area contributed by atoms with Gasteiger partial charge in [0.1, 0.15) is 0 Å². The van der Waals surface area contributed by atoms with Gasteiger partial charge in [0.15, 0.2) is 0 Å². The number of likely N-dealkylation sites (tertiary alicyclic amines) is 2. The van der Waals surface area contributed by atoms with E-state index in [0.717, 1.165) is 88.7 Å². The maximum Gasteiger partial charge on any atom is 0.307 e. The molecule has 0 aliphatic carbocycles. The number of benzene rings is 3. The second kappa shape index (κ2) is 72.7. The Hall–Kier alpha value is -7.80. The first kappa shape index (κ1) is 87.6. The predicted molar refractivity (Wildman–Crippen MR) is 374 cm³/mol. The third kappa shape index (κ3) is 67.6. The third-order valence-corrected chi connectivity index (χ3v) is 12.3. The van der Waals surface area contributed by atoms with E-state index in [0.29, 0.717) is 12.8 Å². The molecule has 2 aliphatic rings. The smallest absolute Gasteiger partial charge is 0.307 e. The molecular formula is C76H118N2O11. The van der Waals surface area contributed by atoms with E-state index in [1.807, 2.05) is 123 Å². The standard InChI is InChI=1S/C14H28O.C12H13NO.C10H10O2.C10H12O.C10H20O.C6H9NO.C6H12O.C4H6O2.C4H8O/c1-3-5-6-7-8-9-10-11-12-13-14-15-4-2;14-12-7-4-9-13(12)10-8-11-5-2-1-3-6-11;1-9(11)12-8-7-10-5-3-2-4-6-10;1-2-11-9-8-10-6-4-3-5-7-10;1-4-7-8-10(5-2)9-11-6-3;1-2-7-5-3-4-6(7)8;1-3-5-6-7-4-2;1-3-6-4(2)5;1-3-5-4-2/h4H,2-3,5-14H2,1H3;1-3,5-6,8,10H,4,7,9H2;2-8H,1H3;3-9H,2H2,1H3;6,10H,3-5,7-9H2,1-2H3;2H,1,3-5H2;4H,2-3,5-6H2,1H3;3H,1H2,2H3;3H,1,4H2,2H3/b;10-8+;8-7+;9-8+;;;;;. The first-order valence-electron chi connectivity index (χ1n) is 32.1. The number of hydrogen-bond donors (Lipinski definition) is 0. The summed E-state index contributed by atoms with van der Waals surface area (Å²) in [6.07, 6.45) is 43.9. The molecule has 13 heteroatoms. The van der Waals surface area contributed by atoms with E-state index in [1.165, 1.54) is 147 Å². The number of esters is 2. The molecular weight excluding hydrogens is 1120 g/mol. The first-order valence-corrected chi connectivity index (χ1v) is 32.1. The minimum absolute atomic E-state index is 0.208. The molecule has 89 heavy (non-hydrogen) atoms. The predicted octanol–water partition coefficient (Wildman–Crippen LogP) is 20.2. The molecule has 0 bridgehead atoms. The molecule has 5 rings (SSSR count). The van der Waals surface area contributed by atoms with E-state index in [2.05, 4.69) is 81.4 Å². The molecule has 2 amide bonds. The average molecular weight is 1240 g/mol. The molecule has 13 nitrogen and oxygen atoms in total. The highest BCUT2D eigenvalue weighted by Crippen LogP contribution is 2.14. The van der Waals surface area contributed by atoms with Gasteiger partial charge in [-0.15, -0.1) is 0 Å². The fraction of sp³-hybridized carbons (Fsp3) is 0.474. The van der Waals surface area contributed by atoms with Gasteiger partial charge in [0.25, 0.3) is 0 Å². The van der Waals surface area contributed by atoms with Gasteiger partial charge in [-0.05, 0) is 93.0 Å². The van der Waals surface area contributed by atoms with E-state index in [9.17, 15) is 19.2 Å². The zero-order valence-electron chi connectivity index (χ0n) is 56.4. The first-order chi connectivity index (χ1) is 43.3. The zero-order valence-corrected chi connectivity index (χ0v) is 56.4. The lowest BCUT2D eigenvalue weighted by Crippen LogP contribution is -2.16. The van der Waals surface area contributed by atoms with Crippen LogP contribution >= 0.6 is 0 Å². The van der Waals surface area contributed by atoms with Crippen molar-refractivity contribution >= 4 is 42.0 Å². The Bertz CT molecular complexity index is 2210. The van der Waals surface area contributed by atoms with Crippen molar-refractivity contribution in [2.24, 2.45) is 5.92 Å². The Kier molecular flexibility index (Phi) is 71.6. The molecule has 498 valence electrons. The zero-order chi connectivity index (χ0) is 66.9. The lowest BCUT2D eigenvalue weighted by molar-refractivity contribution is -0.136. The van der Waals surface area contributed by atoms with Crippen LogP contribution in [0.15, 0.2) is 187 Å². The van der Waals surface area contributed by atoms with Crippen LogP contribution < -0.4 is 0 Å². The number of carbonyl (C=O) groups is 4. The van der Waals surface area contributed by atoms with Crippen LogP contribution in [0.4, 0.5) is 0 Å². The molecule has 0 spiro atoms. The van der Waals surface area contributed by atoms with Gasteiger partial charge in [-0.1, -0.05) is 242 Å². The van der Waals surface area contributed by atoms with Crippen molar-refractivity contribution in [1.82, 2.24) is 9.80 Å². The highest BCUT2D eigenvalue weighted by molar-refractivity contribution is 5.80. The summed E-state index contributed by atoms with van der Waals surface area (Å²) in [5.41, 5.74) is 3.31. The van der Waals surface area contributed by atoms with Gasteiger partial charge in [0, 0.05) is 46.0 Å². The van der Waals surface area contributed by atoms with Crippen LogP contribution in [-0.4, -0.2) is 79.7 Å². The van der Waals surface area contributed by atoms with Crippen LogP contribution in [0.2, 0.25) is 0 Å². The molecule has 0 N–H and O–H groups in total. The Balaban J connectivity index is -0.000000465. The minimum atomic E-state index is -0.329. The van der Waals surface area contributed by atoms with Gasteiger partial charge < -0.3 is 43.0 Å². The number of rotatable bonds is 34. The summed E-state index contributed by atoms with van der Waals surface area (Å²) in [6, 6.07) is 29.7. The Morgan fingerprint density at radius 3 is 1.22 bits per heavy atom. The van der Waals surface area contributed by atoms with Gasteiger partial charge in [-0.2, -0.15) is 0 Å². The van der Waals surface area contributed by atoms with Crippen molar-refractivity contribution in [3.63, 3.8) is 0 Å². The number of unbranched alkanes of at least 4 members (excludes halogenated alkanes) is 11.